The van der Waals surface area contributed by atoms with E-state index >= 15 is 0 Å². The summed E-state index contributed by atoms with van der Waals surface area (Å²) in [5, 5.41) is 0. The van der Waals surface area contributed by atoms with Gasteiger partial charge >= 0.3 is 0 Å². The molecule has 0 saturated carbocycles. The zero-order valence-corrected chi connectivity index (χ0v) is 9.75. The lowest BCUT2D eigenvalue weighted by Crippen LogP contribution is -1.99. The molecule has 4 heteroatoms. The summed E-state index contributed by atoms with van der Waals surface area (Å²) < 4.78 is 31.5. The second kappa shape index (κ2) is 5.19. The van der Waals surface area contributed by atoms with Crippen LogP contribution in [0.2, 0.25) is 0 Å². The molecule has 0 bridgehead atoms. The molecule has 2 aromatic rings. The Morgan fingerprint density at radius 1 is 1.06 bits per heavy atom. The Bertz CT molecular complexity index is 529. The van der Waals surface area contributed by atoms with E-state index in [0.29, 0.717) is 5.75 Å². The van der Waals surface area contributed by atoms with E-state index in [-0.39, 0.29) is 12.2 Å². The van der Waals surface area contributed by atoms with Gasteiger partial charge in [-0.15, -0.1) is 12.6 Å². The molecular formula is C13H10F2OS. The third kappa shape index (κ3) is 3.20. The third-order valence-corrected chi connectivity index (χ3v) is 2.50. The summed E-state index contributed by atoms with van der Waals surface area (Å²) in [6.07, 6.45) is 0. The van der Waals surface area contributed by atoms with Crippen LogP contribution in [0.15, 0.2) is 47.4 Å². The summed E-state index contributed by atoms with van der Waals surface area (Å²) in [6, 6.07) is 10.3. The quantitative estimate of drug-likeness (QED) is 0.817. The minimum absolute atomic E-state index is 0.0131. The van der Waals surface area contributed by atoms with Crippen molar-refractivity contribution in [1.82, 2.24) is 0 Å². The lowest BCUT2D eigenvalue weighted by Gasteiger charge is -2.07. The van der Waals surface area contributed by atoms with Crippen molar-refractivity contribution in [2.24, 2.45) is 0 Å². The van der Waals surface area contributed by atoms with Crippen LogP contribution in [0.1, 0.15) is 5.56 Å². The van der Waals surface area contributed by atoms with E-state index < -0.39 is 11.6 Å². The summed E-state index contributed by atoms with van der Waals surface area (Å²) in [5.41, 5.74) is 0.189. The zero-order valence-electron chi connectivity index (χ0n) is 8.86. The molecule has 0 spiro atoms. The highest BCUT2D eigenvalue weighted by Gasteiger charge is 2.04. The molecule has 1 nitrogen and oxygen atoms in total. The van der Waals surface area contributed by atoms with Gasteiger partial charge in [-0.25, -0.2) is 8.78 Å². The number of thiol groups is 1. The summed E-state index contributed by atoms with van der Waals surface area (Å²) >= 11 is 4.16. The first-order valence-electron chi connectivity index (χ1n) is 5.01. The molecule has 0 heterocycles. The molecule has 0 unspecified atom stereocenters. The molecule has 0 fully saturated rings. The van der Waals surface area contributed by atoms with Crippen LogP contribution in [0.4, 0.5) is 8.78 Å². The second-order valence-corrected chi connectivity index (χ2v) is 4.04. The first kappa shape index (κ1) is 11.9. The Labute approximate surface area is 103 Å². The van der Waals surface area contributed by atoms with E-state index in [1.165, 1.54) is 0 Å². The fourth-order valence-electron chi connectivity index (χ4n) is 1.39. The highest BCUT2D eigenvalue weighted by atomic mass is 32.1. The van der Waals surface area contributed by atoms with Gasteiger partial charge in [0.25, 0.3) is 0 Å². The van der Waals surface area contributed by atoms with Gasteiger partial charge in [-0.1, -0.05) is 6.07 Å². The Kier molecular flexibility index (Phi) is 3.64. The fourth-order valence-corrected chi connectivity index (χ4v) is 1.60. The first-order chi connectivity index (χ1) is 8.15. The van der Waals surface area contributed by atoms with Gasteiger partial charge in [0.1, 0.15) is 24.0 Å². The van der Waals surface area contributed by atoms with Crippen molar-refractivity contribution in [3.05, 3.63) is 59.7 Å². The van der Waals surface area contributed by atoms with Crippen LogP contribution in [-0.2, 0) is 6.61 Å². The SMILES string of the molecule is Fc1ccc(F)c(COc2cccc(S)c2)c1. The lowest BCUT2D eigenvalue weighted by atomic mass is 10.2. The van der Waals surface area contributed by atoms with Crippen LogP contribution >= 0.6 is 12.6 Å². The average molecular weight is 252 g/mol. The van der Waals surface area contributed by atoms with E-state index in [4.69, 9.17) is 4.74 Å². The average Bonchev–Trinajstić information content (AvgIpc) is 2.30. The van der Waals surface area contributed by atoms with Crippen molar-refractivity contribution >= 4 is 12.6 Å². The van der Waals surface area contributed by atoms with Crippen molar-refractivity contribution in [1.29, 1.82) is 0 Å². The molecule has 2 rings (SSSR count). The van der Waals surface area contributed by atoms with Crippen LogP contribution in [-0.4, -0.2) is 0 Å². The van der Waals surface area contributed by atoms with Gasteiger partial charge in [-0.05, 0) is 36.4 Å². The molecule has 88 valence electrons. The Balaban J connectivity index is 2.09. The first-order valence-corrected chi connectivity index (χ1v) is 5.45. The predicted octanol–water partition coefficient (Wildman–Crippen LogP) is 3.83. The van der Waals surface area contributed by atoms with Crippen LogP contribution in [0.5, 0.6) is 5.75 Å². The van der Waals surface area contributed by atoms with Crippen LogP contribution in [0, 0.1) is 11.6 Å². The summed E-state index contributed by atoms with van der Waals surface area (Å²) in [4.78, 5) is 0.752. The van der Waals surface area contributed by atoms with Crippen LogP contribution < -0.4 is 4.74 Å². The maximum Gasteiger partial charge on any atom is 0.130 e. The standard InChI is InChI=1S/C13H10F2OS/c14-10-4-5-13(15)9(6-10)8-16-11-2-1-3-12(17)7-11/h1-7,17H,8H2. The molecule has 0 radical (unpaired) electrons. The molecule has 0 saturated heterocycles. The lowest BCUT2D eigenvalue weighted by molar-refractivity contribution is 0.298. The number of benzene rings is 2. The summed E-state index contributed by atoms with van der Waals surface area (Å²) in [7, 11) is 0. The van der Waals surface area contributed by atoms with Crippen LogP contribution in [0.25, 0.3) is 0 Å². The molecule has 0 aliphatic carbocycles. The third-order valence-electron chi connectivity index (χ3n) is 2.22. The zero-order chi connectivity index (χ0) is 12.3. The number of ether oxygens (including phenoxy) is 1. The van der Waals surface area contributed by atoms with E-state index in [1.807, 2.05) is 0 Å². The van der Waals surface area contributed by atoms with Gasteiger partial charge < -0.3 is 4.74 Å². The number of rotatable bonds is 3. The van der Waals surface area contributed by atoms with E-state index in [9.17, 15) is 8.78 Å². The van der Waals surface area contributed by atoms with Gasteiger partial charge in [0.15, 0.2) is 0 Å². The van der Waals surface area contributed by atoms with Gasteiger partial charge in [0, 0.05) is 10.5 Å². The molecule has 0 N–H and O–H groups in total. The van der Waals surface area contributed by atoms with Crippen LogP contribution in [0.3, 0.4) is 0 Å². The number of hydrogen-bond donors (Lipinski definition) is 1. The van der Waals surface area contributed by atoms with E-state index in [1.54, 1.807) is 24.3 Å². The minimum atomic E-state index is -0.479. The van der Waals surface area contributed by atoms with Crippen molar-refractivity contribution in [3.8, 4) is 5.75 Å². The maximum atomic E-state index is 13.3. The normalized spacial score (nSPS) is 10.3. The Hall–Kier alpha value is -1.55. The minimum Gasteiger partial charge on any atom is -0.489 e. The molecular weight excluding hydrogens is 242 g/mol. The molecule has 17 heavy (non-hydrogen) atoms. The highest BCUT2D eigenvalue weighted by Crippen LogP contribution is 2.18. The Morgan fingerprint density at radius 3 is 2.65 bits per heavy atom. The fraction of sp³-hybridized carbons (Fsp3) is 0.0769. The smallest absolute Gasteiger partial charge is 0.130 e. The van der Waals surface area contributed by atoms with Crippen molar-refractivity contribution in [2.75, 3.05) is 0 Å². The van der Waals surface area contributed by atoms with Gasteiger partial charge in [-0.3, -0.25) is 0 Å². The summed E-state index contributed by atoms with van der Waals surface area (Å²) in [5.74, 6) is -0.387. The number of hydrogen-bond acceptors (Lipinski definition) is 2. The molecule has 0 aromatic heterocycles. The number of halogens is 2. The molecule has 0 amide bonds. The topological polar surface area (TPSA) is 9.23 Å². The van der Waals surface area contributed by atoms with Gasteiger partial charge in [-0.2, -0.15) is 0 Å². The predicted molar refractivity (Wildman–Crippen MR) is 64.4 cm³/mol. The van der Waals surface area contributed by atoms with E-state index in [0.717, 1.165) is 23.1 Å². The summed E-state index contributed by atoms with van der Waals surface area (Å²) in [6.45, 7) is -0.0131. The monoisotopic (exact) mass is 252 g/mol. The Morgan fingerprint density at radius 2 is 1.88 bits per heavy atom. The van der Waals surface area contributed by atoms with Crippen molar-refractivity contribution in [2.45, 2.75) is 11.5 Å². The maximum absolute atomic E-state index is 13.3. The highest BCUT2D eigenvalue weighted by molar-refractivity contribution is 7.80. The molecule has 0 aliphatic rings. The van der Waals surface area contributed by atoms with Gasteiger partial charge in [0.2, 0.25) is 0 Å². The van der Waals surface area contributed by atoms with Gasteiger partial charge in [0.05, 0.1) is 0 Å². The van der Waals surface area contributed by atoms with Crippen molar-refractivity contribution in [3.63, 3.8) is 0 Å². The van der Waals surface area contributed by atoms with Crippen molar-refractivity contribution < 1.29 is 13.5 Å². The second-order valence-electron chi connectivity index (χ2n) is 3.52. The van der Waals surface area contributed by atoms with E-state index in [2.05, 4.69) is 12.6 Å². The molecule has 0 atom stereocenters. The molecule has 0 aliphatic heterocycles. The molecule has 2 aromatic carbocycles. The largest absolute Gasteiger partial charge is 0.489 e.